The van der Waals surface area contributed by atoms with Crippen molar-refractivity contribution in [1.82, 2.24) is 0 Å². The minimum atomic E-state index is -0.422. The Kier molecular flexibility index (Phi) is 3.68. The van der Waals surface area contributed by atoms with Gasteiger partial charge in [-0.3, -0.25) is 4.79 Å². The maximum absolute atomic E-state index is 11.4. The first-order chi connectivity index (χ1) is 6.79. The molecule has 1 unspecified atom stereocenters. The molecule has 2 nitrogen and oxygen atoms in total. The molecule has 0 aliphatic carbocycles. The predicted molar refractivity (Wildman–Crippen MR) is 55.7 cm³/mol. The van der Waals surface area contributed by atoms with Crippen LogP contribution < -0.4 is 0 Å². The van der Waals surface area contributed by atoms with E-state index in [9.17, 15) is 4.79 Å². The van der Waals surface area contributed by atoms with E-state index in [1.165, 1.54) is 0 Å². The topological polar surface area (TPSA) is 26.3 Å². The van der Waals surface area contributed by atoms with Gasteiger partial charge in [0.05, 0.1) is 6.26 Å². The normalized spacial score (nSPS) is 11.4. The first kappa shape index (κ1) is 10.3. The molecule has 0 saturated heterocycles. The summed E-state index contributed by atoms with van der Waals surface area (Å²) in [4.78, 5) is 11.4. The number of ether oxygens (including phenoxy) is 1. The minimum absolute atomic E-state index is 0.360. The minimum Gasteiger partial charge on any atom is -0.434 e. The molecule has 0 saturated carbocycles. The Morgan fingerprint density at radius 2 is 1.93 bits per heavy atom. The number of esters is 1. The predicted octanol–water partition coefficient (Wildman–Crippen LogP) is 2.64. The molecular formula is C12H12O2. The fourth-order valence-corrected chi connectivity index (χ4v) is 1.18. The van der Waals surface area contributed by atoms with Gasteiger partial charge in [0.25, 0.3) is 0 Å². The van der Waals surface area contributed by atoms with Crippen molar-refractivity contribution >= 4 is 5.97 Å². The van der Waals surface area contributed by atoms with Crippen molar-refractivity contribution in [3.8, 4) is 0 Å². The Labute approximate surface area is 83.5 Å². The molecule has 1 aromatic carbocycles. The van der Waals surface area contributed by atoms with E-state index in [1.807, 2.05) is 30.3 Å². The molecular weight excluding hydrogens is 176 g/mol. The highest BCUT2D eigenvalue weighted by Crippen LogP contribution is 2.17. The molecule has 72 valence electrons. The van der Waals surface area contributed by atoms with Gasteiger partial charge in [-0.2, -0.15) is 0 Å². The van der Waals surface area contributed by atoms with Gasteiger partial charge in [-0.1, -0.05) is 43.0 Å². The van der Waals surface area contributed by atoms with Gasteiger partial charge in [0, 0.05) is 0 Å². The summed E-state index contributed by atoms with van der Waals surface area (Å²) in [6.07, 6.45) is 2.68. The quantitative estimate of drug-likeness (QED) is 0.412. The van der Waals surface area contributed by atoms with Crippen LogP contribution in [0, 0.1) is 0 Å². The first-order valence-electron chi connectivity index (χ1n) is 4.28. The van der Waals surface area contributed by atoms with Gasteiger partial charge in [0.15, 0.2) is 0 Å². The van der Waals surface area contributed by atoms with Gasteiger partial charge in [0.2, 0.25) is 0 Å². The SMILES string of the molecule is C=COC(=O)C(C=C)c1ccccc1. The Hall–Kier alpha value is -1.83. The van der Waals surface area contributed by atoms with Gasteiger partial charge in [-0.25, -0.2) is 0 Å². The second kappa shape index (κ2) is 5.02. The van der Waals surface area contributed by atoms with E-state index in [0.29, 0.717) is 0 Å². The molecule has 0 aromatic heterocycles. The van der Waals surface area contributed by atoms with E-state index in [0.717, 1.165) is 11.8 Å². The summed E-state index contributed by atoms with van der Waals surface area (Å²) in [6.45, 7) is 6.94. The zero-order valence-electron chi connectivity index (χ0n) is 7.85. The Morgan fingerprint density at radius 3 is 2.43 bits per heavy atom. The van der Waals surface area contributed by atoms with Crippen molar-refractivity contribution < 1.29 is 9.53 Å². The standard InChI is InChI=1S/C12H12O2/c1-3-11(12(13)14-4-2)10-8-6-5-7-9-10/h3-9,11H,1-2H2. The largest absolute Gasteiger partial charge is 0.434 e. The molecule has 0 aliphatic heterocycles. The molecule has 1 aromatic rings. The number of hydrogen-bond acceptors (Lipinski definition) is 2. The van der Waals surface area contributed by atoms with E-state index in [2.05, 4.69) is 13.2 Å². The van der Waals surface area contributed by atoms with Crippen LogP contribution in [0.4, 0.5) is 0 Å². The van der Waals surface area contributed by atoms with Crippen LogP contribution in [0.1, 0.15) is 11.5 Å². The van der Waals surface area contributed by atoms with E-state index >= 15 is 0 Å². The third-order valence-electron chi connectivity index (χ3n) is 1.85. The molecule has 0 radical (unpaired) electrons. The summed E-state index contributed by atoms with van der Waals surface area (Å²) in [6, 6.07) is 9.34. The van der Waals surface area contributed by atoms with Crippen LogP contribution >= 0.6 is 0 Å². The van der Waals surface area contributed by atoms with E-state index in [-0.39, 0.29) is 5.97 Å². The van der Waals surface area contributed by atoms with Crippen LogP contribution in [0.3, 0.4) is 0 Å². The van der Waals surface area contributed by atoms with Crippen molar-refractivity contribution in [2.75, 3.05) is 0 Å². The molecule has 0 N–H and O–H groups in total. The van der Waals surface area contributed by atoms with Gasteiger partial charge < -0.3 is 4.74 Å². The lowest BCUT2D eigenvalue weighted by atomic mass is 10.00. The van der Waals surface area contributed by atoms with Crippen LogP contribution in [0.2, 0.25) is 0 Å². The smallest absolute Gasteiger partial charge is 0.322 e. The lowest BCUT2D eigenvalue weighted by molar-refractivity contribution is -0.138. The van der Waals surface area contributed by atoms with Crippen LogP contribution in [-0.2, 0) is 9.53 Å². The highest BCUT2D eigenvalue weighted by molar-refractivity contribution is 5.80. The zero-order chi connectivity index (χ0) is 10.4. The summed E-state index contributed by atoms with van der Waals surface area (Å²) >= 11 is 0. The van der Waals surface area contributed by atoms with Gasteiger partial charge >= 0.3 is 5.97 Å². The molecule has 0 heterocycles. The summed E-state index contributed by atoms with van der Waals surface area (Å²) in [5.74, 6) is -0.782. The van der Waals surface area contributed by atoms with E-state index < -0.39 is 5.92 Å². The molecule has 1 atom stereocenters. The van der Waals surface area contributed by atoms with Gasteiger partial charge in [-0.15, -0.1) is 6.58 Å². The third-order valence-corrected chi connectivity index (χ3v) is 1.85. The number of benzene rings is 1. The van der Waals surface area contributed by atoms with Gasteiger partial charge in [0.1, 0.15) is 5.92 Å². The second-order valence-electron chi connectivity index (χ2n) is 2.73. The van der Waals surface area contributed by atoms with Crippen molar-refractivity contribution in [2.24, 2.45) is 0 Å². The van der Waals surface area contributed by atoms with Gasteiger partial charge in [-0.05, 0) is 5.56 Å². The Bertz CT molecular complexity index is 327. The number of carbonyl (C=O) groups is 1. The number of carbonyl (C=O) groups excluding carboxylic acids is 1. The van der Waals surface area contributed by atoms with Crippen LogP contribution in [0.5, 0.6) is 0 Å². The summed E-state index contributed by atoms with van der Waals surface area (Å²) in [7, 11) is 0. The molecule has 0 spiro atoms. The zero-order valence-corrected chi connectivity index (χ0v) is 7.85. The average molecular weight is 188 g/mol. The lowest BCUT2D eigenvalue weighted by Crippen LogP contribution is -2.10. The fraction of sp³-hybridized carbons (Fsp3) is 0.0833. The molecule has 2 heteroatoms. The van der Waals surface area contributed by atoms with Crippen LogP contribution in [-0.4, -0.2) is 5.97 Å². The summed E-state index contributed by atoms with van der Waals surface area (Å²) in [5.41, 5.74) is 0.870. The van der Waals surface area contributed by atoms with Crippen molar-refractivity contribution in [3.63, 3.8) is 0 Å². The maximum atomic E-state index is 11.4. The fourth-order valence-electron chi connectivity index (χ4n) is 1.18. The summed E-state index contributed by atoms with van der Waals surface area (Å²) < 4.78 is 4.70. The molecule has 0 fully saturated rings. The first-order valence-corrected chi connectivity index (χ1v) is 4.28. The second-order valence-corrected chi connectivity index (χ2v) is 2.73. The van der Waals surface area contributed by atoms with E-state index in [4.69, 9.17) is 4.74 Å². The number of hydrogen-bond donors (Lipinski definition) is 0. The average Bonchev–Trinajstić information content (AvgIpc) is 2.21. The molecule has 0 amide bonds. The monoisotopic (exact) mass is 188 g/mol. The highest BCUT2D eigenvalue weighted by Gasteiger charge is 2.17. The van der Waals surface area contributed by atoms with Crippen molar-refractivity contribution in [1.29, 1.82) is 0 Å². The molecule has 0 bridgehead atoms. The maximum Gasteiger partial charge on any atom is 0.322 e. The summed E-state index contributed by atoms with van der Waals surface area (Å²) in [5, 5.41) is 0. The molecule has 14 heavy (non-hydrogen) atoms. The lowest BCUT2D eigenvalue weighted by Gasteiger charge is -2.09. The van der Waals surface area contributed by atoms with Crippen LogP contribution in [0.25, 0.3) is 0 Å². The Balaban J connectivity index is 2.87. The Morgan fingerprint density at radius 1 is 1.29 bits per heavy atom. The number of rotatable bonds is 4. The van der Waals surface area contributed by atoms with E-state index in [1.54, 1.807) is 6.08 Å². The van der Waals surface area contributed by atoms with Crippen molar-refractivity contribution in [3.05, 3.63) is 61.4 Å². The van der Waals surface area contributed by atoms with Crippen LogP contribution in [0.15, 0.2) is 55.8 Å². The molecule has 1 rings (SSSR count). The highest BCUT2D eigenvalue weighted by atomic mass is 16.5. The third kappa shape index (κ3) is 2.33. The molecule has 0 aliphatic rings. The van der Waals surface area contributed by atoms with Crippen molar-refractivity contribution in [2.45, 2.75) is 5.92 Å².